The number of nitrogens with one attached hydrogen (secondary N) is 4. The minimum absolute atomic E-state index is 0.0697. The highest BCUT2D eigenvalue weighted by atomic mass is 16.3. The molecule has 0 aliphatic rings. The van der Waals surface area contributed by atoms with Crippen LogP contribution in [0.2, 0.25) is 0 Å². The van der Waals surface area contributed by atoms with Gasteiger partial charge in [-0.05, 0) is 49.1 Å². The molecule has 3 aromatic rings. The van der Waals surface area contributed by atoms with Crippen molar-refractivity contribution in [3.63, 3.8) is 0 Å². The van der Waals surface area contributed by atoms with Crippen LogP contribution >= 0.6 is 0 Å². The van der Waals surface area contributed by atoms with Gasteiger partial charge in [0.25, 0.3) is 0 Å². The normalized spacial score (nSPS) is 13.6. The van der Waals surface area contributed by atoms with E-state index in [1.54, 1.807) is 12.1 Å². The molecule has 4 atom stereocenters. The van der Waals surface area contributed by atoms with E-state index in [0.29, 0.717) is 0 Å². The van der Waals surface area contributed by atoms with Gasteiger partial charge >= 0.3 is 0 Å². The molecule has 3 aromatic carbocycles. The number of amides is 4. The van der Waals surface area contributed by atoms with Gasteiger partial charge in [0.2, 0.25) is 23.6 Å². The number of phenols is 1. The molecule has 10 heteroatoms. The Labute approximate surface area is 246 Å². The van der Waals surface area contributed by atoms with Crippen molar-refractivity contribution in [3.05, 3.63) is 102 Å². The summed E-state index contributed by atoms with van der Waals surface area (Å²) >= 11 is 0. The molecule has 1 unspecified atom stereocenters. The zero-order chi connectivity index (χ0) is 30.5. The number of phenolic OH excluding ortho intramolecular Hbond substituents is 1. The van der Waals surface area contributed by atoms with E-state index in [0.717, 1.165) is 16.7 Å². The Morgan fingerprint density at radius 3 is 1.95 bits per heavy atom. The second kappa shape index (κ2) is 15.9. The number of hydrogen-bond donors (Lipinski definition) is 6. The average molecular weight is 574 g/mol. The smallest absolute Gasteiger partial charge is 0.242 e. The summed E-state index contributed by atoms with van der Waals surface area (Å²) in [5, 5.41) is 20.4. The third kappa shape index (κ3) is 10.4. The van der Waals surface area contributed by atoms with E-state index in [-0.39, 0.29) is 43.5 Å². The first-order valence-electron chi connectivity index (χ1n) is 13.9. The lowest BCUT2D eigenvalue weighted by Gasteiger charge is -2.22. The molecule has 42 heavy (non-hydrogen) atoms. The third-order valence-electron chi connectivity index (χ3n) is 6.72. The van der Waals surface area contributed by atoms with E-state index >= 15 is 0 Å². The van der Waals surface area contributed by atoms with Gasteiger partial charge in [-0.3, -0.25) is 19.2 Å². The fourth-order valence-electron chi connectivity index (χ4n) is 4.28. The fraction of sp³-hybridized carbons (Fsp3) is 0.312. The van der Waals surface area contributed by atoms with E-state index in [1.165, 1.54) is 19.1 Å². The van der Waals surface area contributed by atoms with Crippen molar-refractivity contribution in [1.82, 2.24) is 21.3 Å². The summed E-state index contributed by atoms with van der Waals surface area (Å²) in [7, 11) is 0. The van der Waals surface area contributed by atoms with Gasteiger partial charge in [0, 0.05) is 19.4 Å². The van der Waals surface area contributed by atoms with E-state index in [9.17, 15) is 24.3 Å². The number of aromatic hydroxyl groups is 1. The molecule has 3 rings (SSSR count). The zero-order valence-electron chi connectivity index (χ0n) is 23.9. The molecule has 0 heterocycles. The lowest BCUT2D eigenvalue weighted by atomic mass is 10.0. The van der Waals surface area contributed by atoms with Crippen molar-refractivity contribution < 1.29 is 24.3 Å². The Bertz CT molecular complexity index is 1320. The Morgan fingerprint density at radius 2 is 1.31 bits per heavy atom. The SMILES string of the molecule is CC(NC(=O)CCNC(=O)[C@H](Cc1ccccc1)NC(=O)[C@@H](C)NC(=O)[C@@H](N)Cc1ccc(O)cc1)c1ccccc1. The van der Waals surface area contributed by atoms with Crippen molar-refractivity contribution in [2.45, 2.75) is 57.3 Å². The standard InChI is InChI=1S/C32H39N5O5/c1-21(25-11-7-4-8-12-25)35-29(39)17-18-34-32(42)28(20-23-9-5-3-6-10-23)37-30(40)22(2)36-31(41)27(33)19-24-13-15-26(38)16-14-24/h3-16,21-22,27-28,38H,17-20,33H2,1-2H3,(H,34,42)(H,35,39)(H,36,41)(H,37,40)/t21?,22-,27+,28+/m1/s1. The fourth-order valence-corrected chi connectivity index (χ4v) is 4.28. The van der Waals surface area contributed by atoms with Crippen molar-refractivity contribution in [1.29, 1.82) is 0 Å². The summed E-state index contributed by atoms with van der Waals surface area (Å²) in [5.74, 6) is -1.62. The zero-order valence-corrected chi connectivity index (χ0v) is 23.9. The lowest BCUT2D eigenvalue weighted by Crippen LogP contribution is -2.55. The molecule has 0 spiro atoms. The summed E-state index contributed by atoms with van der Waals surface area (Å²) < 4.78 is 0. The molecular formula is C32H39N5O5. The molecule has 0 saturated carbocycles. The highest BCUT2D eigenvalue weighted by Crippen LogP contribution is 2.12. The highest BCUT2D eigenvalue weighted by molar-refractivity contribution is 5.93. The first-order chi connectivity index (χ1) is 20.1. The van der Waals surface area contributed by atoms with Crippen LogP contribution < -0.4 is 27.0 Å². The minimum atomic E-state index is -0.959. The molecule has 0 saturated heterocycles. The van der Waals surface area contributed by atoms with Crippen LogP contribution in [-0.2, 0) is 32.0 Å². The predicted octanol–water partition coefficient (Wildman–Crippen LogP) is 1.88. The molecule has 0 fully saturated rings. The molecule has 222 valence electrons. The molecule has 0 radical (unpaired) electrons. The van der Waals surface area contributed by atoms with Crippen LogP contribution in [0.4, 0.5) is 0 Å². The van der Waals surface area contributed by atoms with Crippen molar-refractivity contribution in [2.75, 3.05) is 6.54 Å². The maximum absolute atomic E-state index is 13.1. The lowest BCUT2D eigenvalue weighted by molar-refractivity contribution is -0.132. The molecule has 0 aromatic heterocycles. The average Bonchev–Trinajstić information content (AvgIpc) is 2.98. The first kappa shape index (κ1) is 31.8. The second-order valence-electron chi connectivity index (χ2n) is 10.2. The van der Waals surface area contributed by atoms with Crippen LogP contribution in [0.15, 0.2) is 84.9 Å². The quantitative estimate of drug-likeness (QED) is 0.173. The van der Waals surface area contributed by atoms with Gasteiger partial charge in [0.15, 0.2) is 0 Å². The molecule has 10 nitrogen and oxygen atoms in total. The van der Waals surface area contributed by atoms with Gasteiger partial charge in [0.05, 0.1) is 12.1 Å². The summed E-state index contributed by atoms with van der Waals surface area (Å²) in [4.78, 5) is 51.2. The molecular weight excluding hydrogens is 534 g/mol. The molecule has 0 aliphatic carbocycles. The molecule has 0 aliphatic heterocycles. The van der Waals surface area contributed by atoms with Crippen molar-refractivity contribution >= 4 is 23.6 Å². The van der Waals surface area contributed by atoms with Gasteiger partial charge in [-0.1, -0.05) is 72.8 Å². The Morgan fingerprint density at radius 1 is 0.714 bits per heavy atom. The number of carbonyl (C=O) groups excluding carboxylic acids is 4. The minimum Gasteiger partial charge on any atom is -0.508 e. The van der Waals surface area contributed by atoms with E-state index in [1.807, 2.05) is 67.6 Å². The largest absolute Gasteiger partial charge is 0.508 e. The number of hydrogen-bond acceptors (Lipinski definition) is 6. The summed E-state index contributed by atoms with van der Waals surface area (Å²) in [6.45, 7) is 3.49. The predicted molar refractivity (Wildman–Crippen MR) is 160 cm³/mol. The van der Waals surface area contributed by atoms with Crippen LogP contribution in [0.5, 0.6) is 5.75 Å². The van der Waals surface area contributed by atoms with Gasteiger partial charge in [0.1, 0.15) is 17.8 Å². The summed E-state index contributed by atoms with van der Waals surface area (Å²) in [6, 6.07) is 22.1. The monoisotopic (exact) mass is 573 g/mol. The van der Waals surface area contributed by atoms with E-state index in [2.05, 4.69) is 21.3 Å². The number of benzene rings is 3. The van der Waals surface area contributed by atoms with Crippen LogP contribution in [0.3, 0.4) is 0 Å². The maximum atomic E-state index is 13.1. The van der Waals surface area contributed by atoms with Crippen LogP contribution in [0.1, 0.15) is 43.0 Å². The van der Waals surface area contributed by atoms with Crippen LogP contribution in [-0.4, -0.2) is 53.4 Å². The first-order valence-corrected chi connectivity index (χ1v) is 13.9. The van der Waals surface area contributed by atoms with Gasteiger partial charge in [-0.25, -0.2) is 0 Å². The molecule has 0 bridgehead atoms. The van der Waals surface area contributed by atoms with Gasteiger partial charge < -0.3 is 32.1 Å². The number of carbonyl (C=O) groups is 4. The van der Waals surface area contributed by atoms with E-state index < -0.39 is 35.8 Å². The second-order valence-corrected chi connectivity index (χ2v) is 10.2. The topological polar surface area (TPSA) is 163 Å². The van der Waals surface area contributed by atoms with Crippen LogP contribution in [0, 0.1) is 0 Å². The summed E-state index contributed by atoms with van der Waals surface area (Å²) in [6.07, 6.45) is 0.508. The van der Waals surface area contributed by atoms with Crippen LogP contribution in [0.25, 0.3) is 0 Å². The Kier molecular flexibility index (Phi) is 12.1. The summed E-state index contributed by atoms with van der Waals surface area (Å²) in [5.41, 5.74) is 8.59. The van der Waals surface area contributed by atoms with E-state index in [4.69, 9.17) is 5.73 Å². The van der Waals surface area contributed by atoms with Gasteiger partial charge in [-0.15, -0.1) is 0 Å². The molecule has 7 N–H and O–H groups in total. The maximum Gasteiger partial charge on any atom is 0.242 e. The Balaban J connectivity index is 1.53. The van der Waals surface area contributed by atoms with Crippen molar-refractivity contribution in [2.24, 2.45) is 5.73 Å². The third-order valence-corrected chi connectivity index (χ3v) is 6.72. The number of nitrogens with two attached hydrogens (primary N) is 1. The Hall–Kier alpha value is -4.70. The number of rotatable bonds is 14. The van der Waals surface area contributed by atoms with Gasteiger partial charge in [-0.2, -0.15) is 0 Å². The highest BCUT2D eigenvalue weighted by Gasteiger charge is 2.26. The molecule has 4 amide bonds. The van der Waals surface area contributed by atoms with Crippen molar-refractivity contribution in [3.8, 4) is 5.75 Å².